The van der Waals surface area contributed by atoms with Gasteiger partial charge in [-0.05, 0) is 17.9 Å². The molecule has 4 aromatic rings. The number of fused-ring (bicyclic) bond motifs is 3. The van der Waals surface area contributed by atoms with E-state index in [9.17, 15) is 9.46 Å². The second-order valence-corrected chi connectivity index (χ2v) is 15.2. The Morgan fingerprint density at radius 3 is 2.60 bits per heavy atom. The van der Waals surface area contributed by atoms with E-state index < -0.39 is 76.1 Å². The Morgan fingerprint density at radius 1 is 1.02 bits per heavy atom. The summed E-state index contributed by atoms with van der Waals surface area (Å²) in [6, 6.07) is 1.54. The average Bonchev–Trinajstić information content (AvgIpc) is 3.80. The molecule has 0 amide bonds. The molecule has 0 aromatic carbocycles. The van der Waals surface area contributed by atoms with E-state index in [1.807, 2.05) is 0 Å². The fourth-order valence-electron chi connectivity index (χ4n) is 5.99. The number of imidazole rings is 2. The van der Waals surface area contributed by atoms with E-state index in [1.165, 1.54) is 29.7 Å². The number of hydrogen-bond donors (Lipinski definition) is 3. The van der Waals surface area contributed by atoms with Gasteiger partial charge in [-0.25, -0.2) is 29.3 Å². The lowest BCUT2D eigenvalue weighted by Crippen LogP contribution is -2.46. The smallest absolute Gasteiger partial charge is 0.325 e. The fourth-order valence-corrected chi connectivity index (χ4v) is 8.50. The molecule has 0 aliphatic carbocycles. The van der Waals surface area contributed by atoms with Crippen molar-refractivity contribution in [2.45, 2.75) is 48.6 Å². The van der Waals surface area contributed by atoms with Gasteiger partial charge >= 0.3 is 6.72 Å². The summed E-state index contributed by atoms with van der Waals surface area (Å²) >= 11 is 5.34. The van der Waals surface area contributed by atoms with Crippen LogP contribution in [0.4, 0.5) is 15.9 Å². The first-order valence-electron chi connectivity index (χ1n) is 13.4. The van der Waals surface area contributed by atoms with Crippen LogP contribution in [-0.4, -0.2) is 103 Å². The van der Waals surface area contributed by atoms with Crippen LogP contribution in [0.25, 0.3) is 22.3 Å². The summed E-state index contributed by atoms with van der Waals surface area (Å²) in [5.74, 6) is 0.148. The van der Waals surface area contributed by atoms with Crippen LogP contribution < -0.4 is 11.5 Å². The molecule has 2 bridgehead atoms. The second kappa shape index (κ2) is 10.4. The standard InChI is InChI=1S/C22H23BFN9O9P2S/c23-43(34)38-5-22-4-36-15(21(40-22)33-8-31-13-17(26)28-6-29-19(13)33)16(22)42-44(35,45)37-3-10-14(41-43)11(24)20(39-10)32-7-30-12-9(25)1-2-27-18(12)32/h1-2,6-8,10-11,14-16,20-21H,3-5H2,(H2,25,27)(H,35,45)(H2,26,28,29)/t10-,11+,14?,15?,16-,20-,21-,22-,43?,44?/m1/s1. The molecule has 5 N–H and O–H groups in total. The number of hydrogen-bond acceptors (Lipinski definition) is 16. The molecule has 18 nitrogen and oxygen atoms in total. The van der Waals surface area contributed by atoms with Crippen LogP contribution in [0.3, 0.4) is 0 Å². The van der Waals surface area contributed by atoms with Gasteiger partial charge in [0.1, 0.15) is 47.4 Å². The molecule has 10 atom stereocenters. The van der Waals surface area contributed by atoms with E-state index in [-0.39, 0.29) is 18.1 Å². The Morgan fingerprint density at radius 2 is 1.78 bits per heavy atom. The molecule has 2 radical (unpaired) electrons. The number of pyridine rings is 1. The Kier molecular flexibility index (Phi) is 6.88. The van der Waals surface area contributed by atoms with Crippen molar-refractivity contribution in [3.8, 4) is 0 Å². The lowest BCUT2D eigenvalue weighted by molar-refractivity contribution is -0.183. The summed E-state index contributed by atoms with van der Waals surface area (Å²) in [5, 5.41) is 0. The van der Waals surface area contributed by atoms with Gasteiger partial charge in [0, 0.05) is 6.20 Å². The number of anilines is 2. The highest BCUT2D eigenvalue weighted by Gasteiger charge is 2.65. The summed E-state index contributed by atoms with van der Waals surface area (Å²) in [5.41, 5.74) is 11.9. The molecule has 4 aromatic heterocycles. The molecule has 0 saturated carbocycles. The van der Waals surface area contributed by atoms with Crippen molar-refractivity contribution in [2.75, 3.05) is 31.3 Å². The van der Waals surface area contributed by atoms with Crippen LogP contribution in [0.1, 0.15) is 12.5 Å². The van der Waals surface area contributed by atoms with Gasteiger partial charge in [0.2, 0.25) is 7.57 Å². The first-order valence-corrected chi connectivity index (χ1v) is 17.6. The fraction of sp³-hybridized carbons (Fsp3) is 0.500. The SMILES string of the molecule is [B]P1(=O)OC[C@@]23COC([C@H](n4cnc5c(N)ncnc54)O2)[C@H]3OP(O)(=S)OC[C@H]2O[C@@H](n3cnc4c(N)ccnc43)[C@@H](F)C2O1. The van der Waals surface area contributed by atoms with Gasteiger partial charge in [0.15, 0.2) is 35.7 Å². The summed E-state index contributed by atoms with van der Waals surface area (Å²) in [6.45, 7) is -5.28. The average molecular weight is 681 g/mol. The number of nitrogens with zero attached hydrogens (tertiary/aromatic N) is 7. The van der Waals surface area contributed by atoms with Crippen LogP contribution in [0.15, 0.2) is 31.2 Å². The molecule has 4 fully saturated rings. The zero-order chi connectivity index (χ0) is 31.3. The predicted molar refractivity (Wildman–Crippen MR) is 155 cm³/mol. The lowest BCUT2D eigenvalue weighted by atomic mass is 10.0. The van der Waals surface area contributed by atoms with Gasteiger partial charge in [-0.2, -0.15) is 0 Å². The molecule has 45 heavy (non-hydrogen) atoms. The van der Waals surface area contributed by atoms with Gasteiger partial charge in [-0.1, -0.05) is 0 Å². The predicted octanol–water partition coefficient (Wildman–Crippen LogP) is 0.648. The highest BCUT2D eigenvalue weighted by atomic mass is 32.5. The summed E-state index contributed by atoms with van der Waals surface area (Å²) < 4.78 is 73.4. The quantitative estimate of drug-likeness (QED) is 0.195. The number of nitrogens with two attached hydrogens (primary N) is 2. The summed E-state index contributed by atoms with van der Waals surface area (Å²) in [7, 11) is 1.48. The number of aromatic nitrogens is 7. The monoisotopic (exact) mass is 681 g/mol. The lowest BCUT2D eigenvalue weighted by Gasteiger charge is -2.34. The molecule has 4 aliphatic heterocycles. The zero-order valence-electron chi connectivity index (χ0n) is 22.8. The van der Waals surface area contributed by atoms with Gasteiger partial charge in [-0.15, -0.1) is 0 Å². The third-order valence-electron chi connectivity index (χ3n) is 8.07. The molecule has 4 unspecified atom stereocenters. The highest BCUT2D eigenvalue weighted by molar-refractivity contribution is 8.07. The van der Waals surface area contributed by atoms with E-state index in [0.29, 0.717) is 22.4 Å². The molecule has 0 spiro atoms. The van der Waals surface area contributed by atoms with E-state index in [4.69, 9.17) is 63.1 Å². The van der Waals surface area contributed by atoms with Crippen molar-refractivity contribution in [1.82, 2.24) is 34.1 Å². The van der Waals surface area contributed by atoms with Gasteiger partial charge in [-0.3, -0.25) is 18.2 Å². The van der Waals surface area contributed by atoms with Gasteiger partial charge < -0.3 is 44.1 Å². The topological polar surface area (TPSA) is 228 Å². The minimum atomic E-state index is -4.51. The Hall–Kier alpha value is -2.68. The van der Waals surface area contributed by atoms with Crippen molar-refractivity contribution in [3.63, 3.8) is 0 Å². The van der Waals surface area contributed by atoms with Crippen molar-refractivity contribution in [1.29, 1.82) is 0 Å². The summed E-state index contributed by atoms with van der Waals surface area (Å²) in [6.07, 6.45) is -3.75. The molecular formula is C22H23BFN9O9P2S. The van der Waals surface area contributed by atoms with Crippen molar-refractivity contribution < 1.29 is 46.2 Å². The van der Waals surface area contributed by atoms with Crippen LogP contribution in [0, 0.1) is 0 Å². The molecule has 8 heterocycles. The number of alkyl halides is 1. The maximum Gasteiger partial charge on any atom is 0.325 e. The van der Waals surface area contributed by atoms with E-state index in [1.54, 1.807) is 10.6 Å². The van der Waals surface area contributed by atoms with Crippen molar-refractivity contribution in [2.24, 2.45) is 0 Å². The molecule has 4 saturated heterocycles. The molecule has 8 rings (SSSR count). The van der Waals surface area contributed by atoms with Crippen LogP contribution in [0.2, 0.25) is 0 Å². The summed E-state index contributed by atoms with van der Waals surface area (Å²) in [4.78, 5) is 32.0. The number of nitrogen functional groups attached to an aromatic ring is 2. The Bertz CT molecular complexity index is 1920. The Labute approximate surface area is 258 Å². The number of ether oxygens (including phenoxy) is 3. The maximum atomic E-state index is 16.1. The maximum absolute atomic E-state index is 16.1. The van der Waals surface area contributed by atoms with Crippen LogP contribution >= 0.6 is 14.2 Å². The third-order valence-corrected chi connectivity index (χ3v) is 10.6. The van der Waals surface area contributed by atoms with E-state index in [2.05, 4.69) is 24.9 Å². The normalized spacial score (nSPS) is 40.3. The number of halogens is 1. The minimum absolute atomic E-state index is 0.134. The molecule has 4 aliphatic rings. The largest absolute Gasteiger partial charge is 0.397 e. The first-order chi connectivity index (χ1) is 21.5. The second-order valence-electron chi connectivity index (χ2n) is 10.8. The van der Waals surface area contributed by atoms with Gasteiger partial charge in [0.05, 0.1) is 38.2 Å². The highest BCUT2D eigenvalue weighted by Crippen LogP contribution is 2.58. The zero-order valence-corrected chi connectivity index (χ0v) is 25.4. The molecule has 236 valence electrons. The van der Waals surface area contributed by atoms with Crippen molar-refractivity contribution in [3.05, 3.63) is 31.2 Å². The minimum Gasteiger partial charge on any atom is -0.397 e. The molecular weight excluding hydrogens is 658 g/mol. The molecule has 23 heteroatoms. The number of rotatable bonds is 2. The Balaban J connectivity index is 1.10. The van der Waals surface area contributed by atoms with Crippen molar-refractivity contribution >= 4 is 67.4 Å². The van der Waals surface area contributed by atoms with E-state index in [0.717, 1.165) is 0 Å². The van der Waals surface area contributed by atoms with Gasteiger partial charge in [0.25, 0.3) is 7.47 Å². The third kappa shape index (κ3) is 4.81. The van der Waals surface area contributed by atoms with Crippen LogP contribution in [0.5, 0.6) is 0 Å². The van der Waals surface area contributed by atoms with E-state index >= 15 is 4.39 Å². The first kappa shape index (κ1) is 29.7. The van der Waals surface area contributed by atoms with Crippen LogP contribution in [-0.2, 0) is 48.7 Å².